The van der Waals surface area contributed by atoms with Crippen molar-refractivity contribution in [3.8, 4) is 0 Å². The first kappa shape index (κ1) is 18.7. The summed E-state index contributed by atoms with van der Waals surface area (Å²) in [5, 5.41) is 0. The maximum atomic E-state index is 11.6. The summed E-state index contributed by atoms with van der Waals surface area (Å²) < 4.78 is 14.6. The Kier molecular flexibility index (Phi) is 7.04. The fourth-order valence-electron chi connectivity index (χ4n) is 3.44. The minimum absolute atomic E-state index is 0.188. The molecule has 2 rings (SSSR count). The molecular weight excluding hydrogens is 318 g/mol. The standard InChI is InChI=1S/C19H26N3OS/c1-4-5-13-19(20-2,21-24(3)23)18-11-14-22(15-12-18)16-17-9-7-6-8-10-17/h4,6-10,18H,1,3,5,11-16H2,(H,21,23)/q-1/t19-/m0/s1. The Hall–Kier alpha value is -1.61. The molecule has 1 N–H and O–H groups in total. The lowest BCUT2D eigenvalue weighted by Crippen LogP contribution is -2.51. The van der Waals surface area contributed by atoms with Crippen LogP contribution in [0.4, 0.5) is 0 Å². The molecule has 1 atom stereocenters. The van der Waals surface area contributed by atoms with Gasteiger partial charge in [-0.2, -0.15) is 5.87 Å². The predicted molar refractivity (Wildman–Crippen MR) is 102 cm³/mol. The van der Waals surface area contributed by atoms with E-state index < -0.39 is 16.2 Å². The molecule has 1 saturated heterocycles. The number of nitrogens with zero attached hydrogens (tertiary/aromatic N) is 2. The smallest absolute Gasteiger partial charge is 0.274 e. The highest BCUT2D eigenvalue weighted by Gasteiger charge is 2.43. The van der Waals surface area contributed by atoms with E-state index in [0.29, 0.717) is 6.42 Å². The van der Waals surface area contributed by atoms with Crippen LogP contribution in [0.15, 0.2) is 43.0 Å². The van der Waals surface area contributed by atoms with Crippen LogP contribution in [0, 0.1) is 12.5 Å². The van der Waals surface area contributed by atoms with Crippen LogP contribution < -0.4 is 4.72 Å². The molecule has 1 aliphatic heterocycles. The summed E-state index contributed by atoms with van der Waals surface area (Å²) in [5.41, 5.74) is 0.524. The van der Waals surface area contributed by atoms with Gasteiger partial charge < -0.3 is 8.93 Å². The van der Waals surface area contributed by atoms with Crippen molar-refractivity contribution in [3.63, 3.8) is 0 Å². The van der Waals surface area contributed by atoms with Gasteiger partial charge in [0.15, 0.2) is 0 Å². The summed E-state index contributed by atoms with van der Waals surface area (Å²) >= 11 is 0. The minimum atomic E-state index is -1.44. The number of rotatable bonds is 8. The van der Waals surface area contributed by atoms with Gasteiger partial charge in [-0.3, -0.25) is 9.74 Å². The third-order valence-corrected chi connectivity index (χ3v) is 5.31. The largest absolute Gasteiger partial charge is 0.448 e. The Bertz CT molecular complexity index is 634. The molecule has 24 heavy (non-hydrogen) atoms. The van der Waals surface area contributed by atoms with Crippen LogP contribution in [0.25, 0.3) is 4.85 Å². The van der Waals surface area contributed by atoms with E-state index in [0.717, 1.165) is 38.9 Å². The molecule has 0 bridgehead atoms. The van der Waals surface area contributed by atoms with Gasteiger partial charge in [-0.1, -0.05) is 36.4 Å². The number of allylic oxidation sites excluding steroid dienone is 1. The summed E-state index contributed by atoms with van der Waals surface area (Å²) in [6, 6.07) is 10.5. The zero-order chi connectivity index (χ0) is 17.4. The van der Waals surface area contributed by atoms with E-state index in [4.69, 9.17) is 6.57 Å². The molecule has 0 aromatic heterocycles. The van der Waals surface area contributed by atoms with Crippen LogP contribution >= 0.6 is 0 Å². The van der Waals surface area contributed by atoms with Crippen molar-refractivity contribution in [1.82, 2.24) is 9.62 Å². The highest BCUT2D eigenvalue weighted by atomic mass is 32.2. The van der Waals surface area contributed by atoms with Gasteiger partial charge in [-0.15, -0.1) is 6.58 Å². The monoisotopic (exact) mass is 344 g/mol. The maximum absolute atomic E-state index is 11.6. The Labute approximate surface area is 147 Å². The quantitative estimate of drug-likeness (QED) is 0.340. The van der Waals surface area contributed by atoms with Gasteiger partial charge in [0.25, 0.3) is 5.66 Å². The number of likely N-dealkylation sites (tertiary alicyclic amines) is 1. The van der Waals surface area contributed by atoms with E-state index in [1.54, 1.807) is 0 Å². The summed E-state index contributed by atoms with van der Waals surface area (Å²) in [7, 11) is -1.44. The second-order valence-electron chi connectivity index (χ2n) is 6.35. The van der Waals surface area contributed by atoms with Crippen molar-refractivity contribution in [1.29, 1.82) is 0 Å². The Morgan fingerprint density at radius 1 is 1.38 bits per heavy atom. The molecule has 130 valence electrons. The third kappa shape index (κ3) is 4.94. The number of benzene rings is 1. The highest BCUT2D eigenvalue weighted by Crippen LogP contribution is 2.34. The van der Waals surface area contributed by atoms with Crippen molar-refractivity contribution < 1.29 is 4.21 Å². The van der Waals surface area contributed by atoms with Crippen LogP contribution in [0.5, 0.6) is 0 Å². The molecule has 1 aliphatic rings. The molecule has 0 unspecified atom stereocenters. The van der Waals surface area contributed by atoms with Crippen molar-refractivity contribution in [2.45, 2.75) is 37.9 Å². The maximum Gasteiger partial charge on any atom is 0.274 e. The normalized spacial score (nSPS) is 18.8. The van der Waals surface area contributed by atoms with Gasteiger partial charge in [0, 0.05) is 13.0 Å². The first-order chi connectivity index (χ1) is 11.6. The Balaban J connectivity index is 2.01. The number of hydrogen-bond donors (Lipinski definition) is 1. The van der Waals surface area contributed by atoms with Gasteiger partial charge in [0.2, 0.25) is 0 Å². The van der Waals surface area contributed by atoms with Crippen molar-refractivity contribution in [3.05, 3.63) is 60.0 Å². The van der Waals surface area contributed by atoms with Crippen molar-refractivity contribution >= 4 is 16.4 Å². The topological polar surface area (TPSA) is 36.7 Å². The van der Waals surface area contributed by atoms with E-state index in [1.165, 1.54) is 5.56 Å². The van der Waals surface area contributed by atoms with Gasteiger partial charge in [-0.25, -0.2) is 17.1 Å². The first-order valence-electron chi connectivity index (χ1n) is 8.34. The molecule has 1 aromatic rings. The van der Waals surface area contributed by atoms with E-state index in [1.807, 2.05) is 12.1 Å². The Morgan fingerprint density at radius 3 is 2.58 bits per heavy atom. The minimum Gasteiger partial charge on any atom is -0.448 e. The number of nitrogens with one attached hydrogen (secondary N) is 1. The molecule has 1 fully saturated rings. The molecular formula is C19H26N3OS-. The average molecular weight is 345 g/mol. The second-order valence-corrected chi connectivity index (χ2v) is 7.24. The van der Waals surface area contributed by atoms with Gasteiger partial charge in [0.05, 0.1) is 5.92 Å². The fourth-order valence-corrected chi connectivity index (χ4v) is 4.15. The molecule has 0 saturated carbocycles. The predicted octanol–water partition coefficient (Wildman–Crippen LogP) is 3.38. The lowest BCUT2D eigenvalue weighted by Gasteiger charge is -2.39. The van der Waals surface area contributed by atoms with Crippen LogP contribution in [0.2, 0.25) is 0 Å². The van der Waals surface area contributed by atoms with Crippen LogP contribution in [-0.4, -0.2) is 29.5 Å². The molecule has 1 heterocycles. The number of hydrogen-bond acceptors (Lipinski definition) is 3. The SMILES string of the molecule is [C-]#[N+][C@@](CCC=C)(N[S-](=C)=O)C1CCN(Cc2ccccc2)CC1. The molecule has 0 spiro atoms. The molecule has 0 aliphatic carbocycles. The summed E-state index contributed by atoms with van der Waals surface area (Å²) in [6.07, 6.45) is 5.03. The van der Waals surface area contributed by atoms with Crippen LogP contribution in [0.3, 0.4) is 0 Å². The average Bonchev–Trinajstić information content (AvgIpc) is 2.60. The molecule has 1 aromatic carbocycles. The van der Waals surface area contributed by atoms with Crippen LogP contribution in [-0.2, 0) is 21.3 Å². The third-order valence-electron chi connectivity index (χ3n) is 4.73. The summed E-state index contributed by atoms with van der Waals surface area (Å²) in [5.74, 6) is 3.71. The van der Waals surface area contributed by atoms with Crippen molar-refractivity contribution in [2.75, 3.05) is 13.1 Å². The van der Waals surface area contributed by atoms with E-state index in [2.05, 4.69) is 51.2 Å². The second kappa shape index (κ2) is 9.03. The summed E-state index contributed by atoms with van der Waals surface area (Å²) in [4.78, 5) is 6.30. The Morgan fingerprint density at radius 2 is 2.04 bits per heavy atom. The lowest BCUT2D eigenvalue weighted by atomic mass is 9.82. The first-order valence-corrected chi connectivity index (χ1v) is 9.66. The van der Waals surface area contributed by atoms with E-state index in [9.17, 15) is 4.21 Å². The molecule has 4 nitrogen and oxygen atoms in total. The molecule has 0 radical (unpaired) electrons. The molecule has 0 amide bonds. The fraction of sp³-hybridized carbons (Fsp3) is 0.474. The lowest BCUT2D eigenvalue weighted by molar-refractivity contribution is 0.131. The zero-order valence-corrected chi connectivity index (χ0v) is 14.9. The van der Waals surface area contributed by atoms with Crippen molar-refractivity contribution in [2.24, 2.45) is 5.92 Å². The molecule has 5 heteroatoms. The van der Waals surface area contributed by atoms with E-state index in [-0.39, 0.29) is 5.92 Å². The van der Waals surface area contributed by atoms with Gasteiger partial charge >= 0.3 is 0 Å². The van der Waals surface area contributed by atoms with Gasteiger partial charge in [0.1, 0.15) is 0 Å². The highest BCUT2D eigenvalue weighted by molar-refractivity contribution is 7.80. The summed E-state index contributed by atoms with van der Waals surface area (Å²) in [6.45, 7) is 14.3. The van der Waals surface area contributed by atoms with Gasteiger partial charge in [-0.05, 0) is 37.9 Å². The van der Waals surface area contributed by atoms with E-state index >= 15 is 0 Å². The van der Waals surface area contributed by atoms with Crippen LogP contribution in [0.1, 0.15) is 31.2 Å². The zero-order valence-electron chi connectivity index (χ0n) is 14.1. The number of piperidine rings is 1.